The van der Waals surface area contributed by atoms with Gasteiger partial charge in [0.1, 0.15) is 0 Å². The van der Waals surface area contributed by atoms with Crippen molar-refractivity contribution >= 4 is 26.2 Å². The lowest BCUT2D eigenvalue weighted by atomic mass is 9.85. The summed E-state index contributed by atoms with van der Waals surface area (Å²) in [7, 11) is -4.13. The van der Waals surface area contributed by atoms with Gasteiger partial charge in [0, 0.05) is 0 Å². The molecular weight excluding hydrogens is 270 g/mol. The van der Waals surface area contributed by atoms with Crippen LogP contribution >= 0.6 is 15.9 Å². The van der Waals surface area contributed by atoms with Gasteiger partial charge in [-0.15, -0.1) is 0 Å². The molecule has 0 aliphatic heterocycles. The van der Waals surface area contributed by atoms with Crippen LogP contribution in [0.4, 0.5) is 0 Å². The minimum absolute atomic E-state index is 0.248. The predicted octanol–water partition coefficient (Wildman–Crippen LogP) is 2.07. The third-order valence-electron chi connectivity index (χ3n) is 2.70. The van der Waals surface area contributed by atoms with Crippen LogP contribution in [0.25, 0.3) is 0 Å². The normalized spacial score (nSPS) is 24.5. The standard InChI is InChI=1S/C8H16BrNO3S/c1-8(9,10-14(11,12)13)7-5-3-2-4-6-7/h7,10H,2-6H2,1H3,(H,11,12,13). The van der Waals surface area contributed by atoms with Crippen LogP contribution in [0.5, 0.6) is 0 Å². The Kier molecular flexibility index (Phi) is 3.96. The third kappa shape index (κ3) is 3.84. The maximum atomic E-state index is 10.7. The smallest absolute Gasteiger partial charge is 0.273 e. The first-order valence-corrected chi connectivity index (χ1v) is 7.00. The molecule has 0 aromatic heterocycles. The Morgan fingerprint density at radius 1 is 1.36 bits per heavy atom. The highest BCUT2D eigenvalue weighted by molar-refractivity contribution is 9.10. The second-order valence-corrected chi connectivity index (χ2v) is 6.79. The second-order valence-electron chi connectivity index (χ2n) is 3.99. The molecule has 1 saturated carbocycles. The van der Waals surface area contributed by atoms with Crippen molar-refractivity contribution in [1.29, 1.82) is 0 Å². The van der Waals surface area contributed by atoms with E-state index in [1.807, 2.05) is 0 Å². The molecule has 1 aliphatic carbocycles. The average molecular weight is 286 g/mol. The Morgan fingerprint density at radius 2 is 1.86 bits per heavy atom. The van der Waals surface area contributed by atoms with Gasteiger partial charge in [0.05, 0.1) is 4.45 Å². The van der Waals surface area contributed by atoms with E-state index in [0.717, 1.165) is 25.7 Å². The van der Waals surface area contributed by atoms with Crippen LogP contribution in [0.1, 0.15) is 39.0 Å². The van der Waals surface area contributed by atoms with E-state index in [1.54, 1.807) is 6.92 Å². The van der Waals surface area contributed by atoms with Gasteiger partial charge in [-0.3, -0.25) is 4.55 Å². The van der Waals surface area contributed by atoms with Crippen LogP contribution < -0.4 is 4.72 Å². The average Bonchev–Trinajstić information content (AvgIpc) is 2.01. The lowest BCUT2D eigenvalue weighted by Crippen LogP contribution is -2.46. The number of hydrogen-bond acceptors (Lipinski definition) is 2. The molecule has 1 rings (SSSR count). The van der Waals surface area contributed by atoms with Crippen LogP contribution in [-0.2, 0) is 10.3 Å². The maximum absolute atomic E-state index is 10.7. The van der Waals surface area contributed by atoms with Gasteiger partial charge in [-0.2, -0.15) is 13.1 Å². The molecule has 1 unspecified atom stereocenters. The van der Waals surface area contributed by atoms with E-state index in [0.29, 0.717) is 0 Å². The van der Waals surface area contributed by atoms with Crippen LogP contribution in [-0.4, -0.2) is 17.4 Å². The van der Waals surface area contributed by atoms with E-state index in [4.69, 9.17) is 4.55 Å². The Balaban J connectivity index is 2.63. The molecule has 0 bridgehead atoms. The van der Waals surface area contributed by atoms with Gasteiger partial charge < -0.3 is 0 Å². The molecule has 84 valence electrons. The third-order valence-corrected chi connectivity index (χ3v) is 4.49. The summed E-state index contributed by atoms with van der Waals surface area (Å²) >= 11 is 3.33. The van der Waals surface area contributed by atoms with E-state index in [1.165, 1.54) is 6.42 Å². The fourth-order valence-electron chi connectivity index (χ4n) is 1.98. The van der Waals surface area contributed by atoms with E-state index >= 15 is 0 Å². The van der Waals surface area contributed by atoms with Gasteiger partial charge in [0.25, 0.3) is 0 Å². The molecule has 14 heavy (non-hydrogen) atoms. The molecule has 0 aromatic rings. The molecule has 1 atom stereocenters. The minimum atomic E-state index is -4.13. The molecule has 4 nitrogen and oxygen atoms in total. The Hall–Kier alpha value is 0.350. The molecule has 0 radical (unpaired) electrons. The maximum Gasteiger partial charge on any atom is 0.334 e. The Bertz CT molecular complexity index is 283. The Labute approximate surface area is 93.5 Å². The lowest BCUT2D eigenvalue weighted by Gasteiger charge is -2.34. The van der Waals surface area contributed by atoms with Crippen molar-refractivity contribution in [2.24, 2.45) is 5.92 Å². The number of alkyl halides is 1. The van der Waals surface area contributed by atoms with Crippen molar-refractivity contribution in [1.82, 2.24) is 4.72 Å². The highest BCUT2D eigenvalue weighted by Gasteiger charge is 2.35. The van der Waals surface area contributed by atoms with Crippen molar-refractivity contribution < 1.29 is 13.0 Å². The monoisotopic (exact) mass is 285 g/mol. The first-order chi connectivity index (χ1) is 6.31. The van der Waals surface area contributed by atoms with Gasteiger partial charge in [0.15, 0.2) is 0 Å². The fourth-order valence-corrected chi connectivity index (χ4v) is 3.72. The van der Waals surface area contributed by atoms with Gasteiger partial charge in [-0.05, 0) is 25.7 Å². The minimum Gasteiger partial charge on any atom is -0.273 e. The summed E-state index contributed by atoms with van der Waals surface area (Å²) in [6.07, 6.45) is 5.44. The molecule has 0 spiro atoms. The zero-order chi connectivity index (χ0) is 10.8. The summed E-state index contributed by atoms with van der Waals surface area (Å²) in [5.74, 6) is 0.248. The SMILES string of the molecule is CC(Br)(NS(=O)(=O)O)C1CCCCC1. The van der Waals surface area contributed by atoms with Crippen molar-refractivity contribution in [3.8, 4) is 0 Å². The quantitative estimate of drug-likeness (QED) is 0.474. The van der Waals surface area contributed by atoms with E-state index in [-0.39, 0.29) is 5.92 Å². The first kappa shape index (κ1) is 12.4. The van der Waals surface area contributed by atoms with Crippen LogP contribution in [0.3, 0.4) is 0 Å². The number of hydrogen-bond donors (Lipinski definition) is 2. The van der Waals surface area contributed by atoms with Crippen LogP contribution in [0, 0.1) is 5.92 Å². The number of halogens is 1. The topological polar surface area (TPSA) is 66.4 Å². The summed E-state index contributed by atoms with van der Waals surface area (Å²) in [4.78, 5) is 0. The molecule has 0 aromatic carbocycles. The predicted molar refractivity (Wildman–Crippen MR) is 58.6 cm³/mol. The summed E-state index contributed by atoms with van der Waals surface area (Å²) in [5, 5.41) is 0. The molecule has 0 amide bonds. The summed E-state index contributed by atoms with van der Waals surface area (Å²) in [6, 6.07) is 0. The summed E-state index contributed by atoms with van der Waals surface area (Å²) < 4.78 is 31.6. The Morgan fingerprint density at radius 3 is 2.29 bits per heavy atom. The highest BCUT2D eigenvalue weighted by atomic mass is 79.9. The first-order valence-electron chi connectivity index (χ1n) is 4.76. The van der Waals surface area contributed by atoms with E-state index in [9.17, 15) is 8.42 Å². The van der Waals surface area contributed by atoms with E-state index < -0.39 is 14.8 Å². The van der Waals surface area contributed by atoms with Crippen LogP contribution in [0.2, 0.25) is 0 Å². The van der Waals surface area contributed by atoms with Crippen LogP contribution in [0.15, 0.2) is 0 Å². The van der Waals surface area contributed by atoms with E-state index in [2.05, 4.69) is 20.7 Å². The lowest BCUT2D eigenvalue weighted by molar-refractivity contribution is 0.280. The van der Waals surface area contributed by atoms with Gasteiger partial charge in [-0.1, -0.05) is 35.2 Å². The molecule has 1 fully saturated rings. The van der Waals surface area contributed by atoms with Crippen molar-refractivity contribution in [3.63, 3.8) is 0 Å². The molecule has 0 saturated heterocycles. The largest absolute Gasteiger partial charge is 0.334 e. The highest BCUT2D eigenvalue weighted by Crippen LogP contribution is 2.36. The zero-order valence-corrected chi connectivity index (χ0v) is 10.6. The van der Waals surface area contributed by atoms with Crippen molar-refractivity contribution in [2.75, 3.05) is 0 Å². The summed E-state index contributed by atoms with van der Waals surface area (Å²) in [6.45, 7) is 1.75. The zero-order valence-electron chi connectivity index (χ0n) is 8.16. The van der Waals surface area contributed by atoms with Gasteiger partial charge in [-0.25, -0.2) is 0 Å². The molecular formula is C8H16BrNO3S. The van der Waals surface area contributed by atoms with Gasteiger partial charge in [0.2, 0.25) is 0 Å². The number of rotatable bonds is 3. The fraction of sp³-hybridized carbons (Fsp3) is 1.00. The molecule has 0 heterocycles. The second kappa shape index (κ2) is 4.47. The molecule has 2 N–H and O–H groups in total. The van der Waals surface area contributed by atoms with Gasteiger partial charge >= 0.3 is 10.3 Å². The molecule has 6 heteroatoms. The van der Waals surface area contributed by atoms with Crippen molar-refractivity contribution in [3.05, 3.63) is 0 Å². The summed E-state index contributed by atoms with van der Waals surface area (Å²) in [5.41, 5.74) is 0. The number of nitrogens with one attached hydrogen (secondary N) is 1. The van der Waals surface area contributed by atoms with Crippen molar-refractivity contribution in [2.45, 2.75) is 43.5 Å². The molecule has 1 aliphatic rings.